The molecule has 0 radical (unpaired) electrons. The average Bonchev–Trinajstić information content (AvgIpc) is 3.10. The number of amides is 2. The molecule has 11 heteroatoms. The van der Waals surface area contributed by atoms with Crippen molar-refractivity contribution in [3.63, 3.8) is 0 Å². The van der Waals surface area contributed by atoms with E-state index in [-0.39, 0.29) is 29.4 Å². The highest BCUT2D eigenvalue weighted by molar-refractivity contribution is 7.90. The molecule has 0 bridgehead atoms. The fraction of sp³-hybridized carbons (Fsp3) is 0.300. The van der Waals surface area contributed by atoms with Gasteiger partial charge < -0.3 is 20.1 Å². The van der Waals surface area contributed by atoms with Crippen LogP contribution in [-0.2, 0) is 32.3 Å². The number of hydrogen-bond donors (Lipinski definition) is 2. The standard InChI is InChI=1S/C40H44N2O8S/c1-4-5-6-7-8-25-49-34-21-15-32(16-22-34)40(46)50-35-19-9-29(10-20-35)26-37(28(2)43)42-39(45)31-13-17-33(18-14-31)41-38(44)27-30-11-23-36(24-12-30)51(3,47)48/h9-24,37H,4-8,25-27H2,1-3H3,(H,41,44)(H,42,45)/t37-/m0/s1. The molecule has 0 saturated carbocycles. The van der Waals surface area contributed by atoms with Gasteiger partial charge in [-0.1, -0.05) is 56.9 Å². The summed E-state index contributed by atoms with van der Waals surface area (Å²) < 4.78 is 34.6. The molecule has 0 heterocycles. The largest absolute Gasteiger partial charge is 0.494 e. The number of nitrogens with one attached hydrogen (secondary N) is 2. The smallest absolute Gasteiger partial charge is 0.343 e. The van der Waals surface area contributed by atoms with Crippen molar-refractivity contribution in [1.82, 2.24) is 5.32 Å². The van der Waals surface area contributed by atoms with Crippen molar-refractivity contribution >= 4 is 39.1 Å². The third kappa shape index (κ3) is 12.5. The number of rotatable bonds is 18. The van der Waals surface area contributed by atoms with Crippen LogP contribution in [0.2, 0.25) is 0 Å². The van der Waals surface area contributed by atoms with Crippen molar-refractivity contribution in [2.45, 2.75) is 69.7 Å². The summed E-state index contributed by atoms with van der Waals surface area (Å²) >= 11 is 0. The second-order valence-corrected chi connectivity index (χ2v) is 14.4. The predicted molar refractivity (Wildman–Crippen MR) is 196 cm³/mol. The number of ketones is 1. The highest BCUT2D eigenvalue weighted by Gasteiger charge is 2.19. The van der Waals surface area contributed by atoms with Gasteiger partial charge in [-0.15, -0.1) is 0 Å². The Labute approximate surface area is 299 Å². The maximum Gasteiger partial charge on any atom is 0.343 e. The lowest BCUT2D eigenvalue weighted by Crippen LogP contribution is -2.41. The van der Waals surface area contributed by atoms with Crippen LogP contribution in [0, 0.1) is 0 Å². The lowest BCUT2D eigenvalue weighted by atomic mass is 10.0. The van der Waals surface area contributed by atoms with Crippen LogP contribution in [0.5, 0.6) is 11.5 Å². The van der Waals surface area contributed by atoms with Gasteiger partial charge in [0.2, 0.25) is 5.91 Å². The fourth-order valence-electron chi connectivity index (χ4n) is 5.17. The minimum Gasteiger partial charge on any atom is -0.494 e. The molecule has 0 unspecified atom stereocenters. The van der Waals surface area contributed by atoms with Crippen molar-refractivity contribution in [3.8, 4) is 11.5 Å². The summed E-state index contributed by atoms with van der Waals surface area (Å²) in [5, 5.41) is 5.53. The van der Waals surface area contributed by atoms with Crippen molar-refractivity contribution in [1.29, 1.82) is 0 Å². The lowest BCUT2D eigenvalue weighted by molar-refractivity contribution is -0.119. The van der Waals surface area contributed by atoms with Gasteiger partial charge in [0.1, 0.15) is 11.5 Å². The fourth-order valence-corrected chi connectivity index (χ4v) is 5.80. The van der Waals surface area contributed by atoms with Crippen LogP contribution in [-0.4, -0.2) is 50.9 Å². The molecule has 51 heavy (non-hydrogen) atoms. The predicted octanol–water partition coefficient (Wildman–Crippen LogP) is 6.77. The van der Waals surface area contributed by atoms with Gasteiger partial charge in [0.15, 0.2) is 15.6 Å². The first-order valence-electron chi connectivity index (χ1n) is 17.0. The molecule has 2 amide bonds. The van der Waals surface area contributed by atoms with Gasteiger partial charge in [-0.3, -0.25) is 14.4 Å². The number of Topliss-reactive ketones (excluding diaryl/α,β-unsaturated/α-hetero) is 1. The Hall–Kier alpha value is -5.29. The normalized spacial score (nSPS) is 11.7. The number of carbonyl (C=O) groups is 4. The van der Waals surface area contributed by atoms with E-state index in [4.69, 9.17) is 9.47 Å². The van der Waals surface area contributed by atoms with Crippen molar-refractivity contribution < 1.29 is 37.1 Å². The number of benzene rings is 4. The van der Waals surface area contributed by atoms with Gasteiger partial charge in [0, 0.05) is 17.5 Å². The summed E-state index contributed by atoms with van der Waals surface area (Å²) in [6, 6.07) is 25.1. The number of unbranched alkanes of at least 4 members (excludes halogenated alkanes) is 4. The zero-order valence-corrected chi connectivity index (χ0v) is 30.0. The van der Waals surface area contributed by atoms with E-state index in [1.807, 2.05) is 0 Å². The van der Waals surface area contributed by atoms with Crippen LogP contribution in [0.3, 0.4) is 0 Å². The molecule has 0 saturated heterocycles. The van der Waals surface area contributed by atoms with Gasteiger partial charge in [0.25, 0.3) is 5.91 Å². The van der Waals surface area contributed by atoms with Crippen LogP contribution in [0.4, 0.5) is 5.69 Å². The molecule has 0 aromatic heterocycles. The highest BCUT2D eigenvalue weighted by atomic mass is 32.2. The molecular formula is C40H44N2O8S. The molecule has 0 aliphatic carbocycles. The summed E-state index contributed by atoms with van der Waals surface area (Å²) in [5.74, 6) is -0.441. The van der Waals surface area contributed by atoms with E-state index < -0.39 is 27.8 Å². The average molecular weight is 713 g/mol. The molecule has 0 aliphatic heterocycles. The van der Waals surface area contributed by atoms with E-state index in [1.165, 1.54) is 38.3 Å². The molecule has 268 valence electrons. The molecule has 4 aromatic rings. The zero-order chi connectivity index (χ0) is 36.8. The third-order valence-corrected chi connectivity index (χ3v) is 9.25. The summed E-state index contributed by atoms with van der Waals surface area (Å²) in [6.07, 6.45) is 7.16. The van der Waals surface area contributed by atoms with Gasteiger partial charge >= 0.3 is 5.97 Å². The Morgan fingerprint density at radius 1 is 0.706 bits per heavy atom. The van der Waals surface area contributed by atoms with Gasteiger partial charge in [0.05, 0.1) is 29.5 Å². The second-order valence-electron chi connectivity index (χ2n) is 12.4. The van der Waals surface area contributed by atoms with E-state index in [0.29, 0.717) is 40.5 Å². The van der Waals surface area contributed by atoms with Gasteiger partial charge in [-0.2, -0.15) is 0 Å². The number of sulfone groups is 1. The molecule has 4 rings (SSSR count). The lowest BCUT2D eigenvalue weighted by Gasteiger charge is -2.17. The van der Waals surface area contributed by atoms with E-state index in [9.17, 15) is 27.6 Å². The van der Waals surface area contributed by atoms with Crippen LogP contribution < -0.4 is 20.1 Å². The number of hydrogen-bond acceptors (Lipinski definition) is 8. The number of ether oxygens (including phenoxy) is 2. The summed E-state index contributed by atoms with van der Waals surface area (Å²) in [5.41, 5.74) is 2.58. The Morgan fingerprint density at radius 3 is 1.90 bits per heavy atom. The maximum atomic E-state index is 13.0. The van der Waals surface area contributed by atoms with Gasteiger partial charge in [-0.05, 0) is 104 Å². The third-order valence-electron chi connectivity index (χ3n) is 8.12. The van der Waals surface area contributed by atoms with E-state index in [0.717, 1.165) is 24.7 Å². The van der Waals surface area contributed by atoms with E-state index in [1.54, 1.807) is 84.9 Å². The molecule has 0 aliphatic rings. The van der Waals surface area contributed by atoms with Crippen LogP contribution in [0.15, 0.2) is 102 Å². The summed E-state index contributed by atoms with van der Waals surface area (Å²) in [6.45, 7) is 4.22. The number of anilines is 1. The maximum absolute atomic E-state index is 13.0. The first-order valence-corrected chi connectivity index (χ1v) is 18.8. The molecule has 0 spiro atoms. The Balaban J connectivity index is 1.24. The number of esters is 1. The van der Waals surface area contributed by atoms with Crippen molar-refractivity contribution in [2.75, 3.05) is 18.2 Å². The molecule has 10 nitrogen and oxygen atoms in total. The van der Waals surface area contributed by atoms with Gasteiger partial charge in [-0.25, -0.2) is 13.2 Å². The van der Waals surface area contributed by atoms with Crippen molar-refractivity contribution in [2.24, 2.45) is 0 Å². The monoisotopic (exact) mass is 712 g/mol. The molecule has 0 fully saturated rings. The second kappa shape index (κ2) is 18.6. The molecule has 1 atom stereocenters. The summed E-state index contributed by atoms with van der Waals surface area (Å²) in [7, 11) is -3.32. The Bertz CT molecular complexity index is 1890. The highest BCUT2D eigenvalue weighted by Crippen LogP contribution is 2.19. The quantitative estimate of drug-likeness (QED) is 0.0654. The molecule has 4 aromatic carbocycles. The van der Waals surface area contributed by atoms with Crippen LogP contribution in [0.1, 0.15) is 77.8 Å². The van der Waals surface area contributed by atoms with E-state index in [2.05, 4.69) is 17.6 Å². The first-order chi connectivity index (χ1) is 24.4. The number of carbonyl (C=O) groups excluding carboxylic acids is 4. The van der Waals surface area contributed by atoms with E-state index >= 15 is 0 Å². The molecule has 2 N–H and O–H groups in total. The van der Waals surface area contributed by atoms with Crippen LogP contribution >= 0.6 is 0 Å². The SMILES string of the molecule is CCCCCCCOc1ccc(C(=O)Oc2ccc(C[C@H](NC(=O)c3ccc(NC(=O)Cc4ccc(S(C)(=O)=O)cc4)cc3)C(C)=O)cc2)cc1. The minimum atomic E-state index is -3.32. The molecular weight excluding hydrogens is 669 g/mol. The zero-order valence-electron chi connectivity index (χ0n) is 29.1. The first kappa shape index (κ1) is 38.5. The van der Waals surface area contributed by atoms with Crippen LogP contribution in [0.25, 0.3) is 0 Å². The van der Waals surface area contributed by atoms with Crippen molar-refractivity contribution in [3.05, 3.63) is 119 Å². The Morgan fingerprint density at radius 2 is 1.29 bits per heavy atom. The topological polar surface area (TPSA) is 145 Å². The Kier molecular flexibility index (Phi) is 14.1. The summed E-state index contributed by atoms with van der Waals surface area (Å²) in [4.78, 5) is 50.8. The minimum absolute atomic E-state index is 0.0407.